The Kier molecular flexibility index (Phi) is 4.94. The first-order valence-corrected chi connectivity index (χ1v) is 9.94. The molecule has 0 radical (unpaired) electrons. The van der Waals surface area contributed by atoms with Crippen LogP contribution >= 0.6 is 22.6 Å². The summed E-state index contributed by atoms with van der Waals surface area (Å²) in [6.07, 6.45) is 5.06. The molecule has 1 unspecified atom stereocenters. The number of aromatic nitrogens is 1. The smallest absolute Gasteiger partial charge is 0.257 e. The molecule has 6 nitrogen and oxygen atoms in total. The number of carbonyl (C=O) groups excluding carboxylic acids is 3. The zero-order valence-corrected chi connectivity index (χ0v) is 16.7. The fraction of sp³-hybridized carbons (Fsp3) is 0.300. The highest BCUT2D eigenvalue weighted by molar-refractivity contribution is 14.1. The van der Waals surface area contributed by atoms with Crippen LogP contribution in [-0.2, 0) is 20.9 Å². The first kappa shape index (κ1) is 18.1. The predicted molar refractivity (Wildman–Crippen MR) is 108 cm³/mol. The topological polar surface area (TPSA) is 70.6 Å². The van der Waals surface area contributed by atoms with Gasteiger partial charge >= 0.3 is 0 Å². The maximum Gasteiger partial charge on any atom is 0.257 e. The molecule has 1 saturated heterocycles. The van der Waals surface area contributed by atoms with E-state index in [1.807, 2.05) is 18.2 Å². The van der Waals surface area contributed by atoms with Crippen molar-refractivity contribution in [2.24, 2.45) is 5.92 Å². The molecule has 1 aliphatic carbocycles. The molecule has 2 fully saturated rings. The highest BCUT2D eigenvalue weighted by atomic mass is 127. The lowest BCUT2D eigenvalue weighted by atomic mass is 10.1. The average Bonchev–Trinajstić information content (AvgIpc) is 3.47. The lowest BCUT2D eigenvalue weighted by Crippen LogP contribution is -2.45. The first-order chi connectivity index (χ1) is 13.0. The minimum atomic E-state index is -0.759. The fourth-order valence-electron chi connectivity index (χ4n) is 3.32. The lowest BCUT2D eigenvalue weighted by molar-refractivity contribution is -0.140. The van der Waals surface area contributed by atoms with Crippen LogP contribution in [0.5, 0.6) is 0 Å². The van der Waals surface area contributed by atoms with Crippen LogP contribution in [-0.4, -0.2) is 33.6 Å². The fourth-order valence-corrected chi connectivity index (χ4v) is 3.68. The molecular formula is C20H18IN3O3. The molecule has 1 aromatic carbocycles. The van der Waals surface area contributed by atoms with Crippen molar-refractivity contribution in [3.63, 3.8) is 0 Å². The Balaban J connectivity index is 1.61. The molecule has 2 aliphatic rings. The molecule has 0 spiro atoms. The molecule has 0 N–H and O–H groups in total. The van der Waals surface area contributed by atoms with Gasteiger partial charge in [-0.3, -0.25) is 19.4 Å². The zero-order valence-electron chi connectivity index (χ0n) is 14.5. The van der Waals surface area contributed by atoms with Crippen LogP contribution in [0.2, 0.25) is 0 Å². The number of hydrogen-bond acceptors (Lipinski definition) is 4. The number of nitrogens with zero attached hydrogens (tertiary/aromatic N) is 3. The van der Waals surface area contributed by atoms with Crippen molar-refractivity contribution >= 4 is 46.0 Å². The molecule has 3 amide bonds. The van der Waals surface area contributed by atoms with E-state index in [-0.39, 0.29) is 36.6 Å². The van der Waals surface area contributed by atoms with Gasteiger partial charge in [0.25, 0.3) is 5.91 Å². The zero-order chi connectivity index (χ0) is 19.0. The van der Waals surface area contributed by atoms with E-state index in [4.69, 9.17) is 0 Å². The normalized spacial score (nSPS) is 19.4. The summed E-state index contributed by atoms with van der Waals surface area (Å²) >= 11 is 2.17. The van der Waals surface area contributed by atoms with Crippen molar-refractivity contribution in [1.29, 1.82) is 0 Å². The Bertz CT molecular complexity index is 881. The second kappa shape index (κ2) is 7.38. The van der Waals surface area contributed by atoms with Gasteiger partial charge < -0.3 is 4.90 Å². The Hall–Kier alpha value is -2.29. The number of amides is 3. The van der Waals surface area contributed by atoms with Crippen LogP contribution in [0.4, 0.5) is 5.69 Å². The third-order valence-electron chi connectivity index (χ3n) is 4.87. The van der Waals surface area contributed by atoms with Crippen LogP contribution in [0.15, 0.2) is 48.8 Å². The quantitative estimate of drug-likeness (QED) is 0.493. The second-order valence-corrected chi connectivity index (χ2v) is 8.11. The predicted octanol–water partition coefficient (Wildman–Crippen LogP) is 2.76. The summed E-state index contributed by atoms with van der Waals surface area (Å²) < 4.78 is 1.02. The number of imide groups is 1. The van der Waals surface area contributed by atoms with Gasteiger partial charge in [-0.1, -0.05) is 6.07 Å². The Labute approximate surface area is 170 Å². The van der Waals surface area contributed by atoms with E-state index in [1.165, 1.54) is 4.90 Å². The minimum Gasteiger partial charge on any atom is -0.325 e. The van der Waals surface area contributed by atoms with Crippen molar-refractivity contribution in [3.05, 3.63) is 57.9 Å². The van der Waals surface area contributed by atoms with Crippen LogP contribution in [0.1, 0.15) is 24.8 Å². The molecular weight excluding hydrogens is 457 g/mol. The number of anilines is 1. The summed E-state index contributed by atoms with van der Waals surface area (Å²) in [5.41, 5.74) is 1.40. The van der Waals surface area contributed by atoms with Crippen molar-refractivity contribution in [1.82, 2.24) is 9.88 Å². The summed E-state index contributed by atoms with van der Waals surface area (Å²) in [6, 6.07) is 10.1. The molecule has 4 rings (SSSR count). The third-order valence-corrected chi connectivity index (χ3v) is 5.59. The van der Waals surface area contributed by atoms with Crippen molar-refractivity contribution in [2.75, 3.05) is 4.90 Å². The number of benzene rings is 1. The molecule has 2 heterocycles. The van der Waals surface area contributed by atoms with Crippen LogP contribution in [0.25, 0.3) is 0 Å². The van der Waals surface area contributed by atoms with Gasteiger partial charge in [0.05, 0.1) is 12.1 Å². The van der Waals surface area contributed by atoms with E-state index >= 15 is 0 Å². The maximum absolute atomic E-state index is 13.1. The van der Waals surface area contributed by atoms with Crippen molar-refractivity contribution in [3.8, 4) is 0 Å². The monoisotopic (exact) mass is 475 g/mol. The molecule has 138 valence electrons. The number of rotatable bonds is 5. The van der Waals surface area contributed by atoms with Gasteiger partial charge in [-0.15, -0.1) is 0 Å². The minimum absolute atomic E-state index is 0.0174. The van der Waals surface area contributed by atoms with Crippen LogP contribution < -0.4 is 4.90 Å². The average molecular weight is 475 g/mol. The molecule has 1 aromatic heterocycles. The molecule has 7 heteroatoms. The van der Waals surface area contributed by atoms with E-state index in [0.717, 1.165) is 22.0 Å². The molecule has 27 heavy (non-hydrogen) atoms. The highest BCUT2D eigenvalue weighted by Crippen LogP contribution is 2.34. The second-order valence-electron chi connectivity index (χ2n) is 6.87. The number of carbonyl (C=O) groups is 3. The van der Waals surface area contributed by atoms with E-state index in [0.29, 0.717) is 5.69 Å². The number of hydrogen-bond donors (Lipinski definition) is 0. The molecule has 1 atom stereocenters. The molecule has 2 aromatic rings. The standard InChI is InChI=1S/C20H18IN3O3/c21-15-5-7-16(8-6-15)24-18(25)10-17(20(24)27)23(19(26)14-3-4-14)12-13-2-1-9-22-11-13/h1-2,5-9,11,14,17H,3-4,10,12H2. The van der Waals surface area contributed by atoms with Gasteiger partial charge in [-0.05, 0) is 71.3 Å². The summed E-state index contributed by atoms with van der Waals surface area (Å²) in [6.45, 7) is 0.285. The maximum atomic E-state index is 13.1. The van der Waals surface area contributed by atoms with E-state index in [1.54, 1.807) is 35.5 Å². The van der Waals surface area contributed by atoms with Gasteiger partial charge in [0, 0.05) is 28.4 Å². The number of pyridine rings is 1. The highest BCUT2D eigenvalue weighted by Gasteiger charge is 2.46. The summed E-state index contributed by atoms with van der Waals surface area (Å²) in [5.74, 6) is -0.684. The summed E-state index contributed by atoms with van der Waals surface area (Å²) in [5, 5.41) is 0. The van der Waals surface area contributed by atoms with E-state index in [9.17, 15) is 14.4 Å². The van der Waals surface area contributed by atoms with Gasteiger partial charge in [0.2, 0.25) is 11.8 Å². The molecule has 0 bridgehead atoms. The van der Waals surface area contributed by atoms with Gasteiger partial charge in [-0.25, -0.2) is 4.90 Å². The van der Waals surface area contributed by atoms with E-state index in [2.05, 4.69) is 27.6 Å². The SMILES string of the molecule is O=C1CC(N(Cc2cccnc2)C(=O)C2CC2)C(=O)N1c1ccc(I)cc1. The first-order valence-electron chi connectivity index (χ1n) is 8.86. The third kappa shape index (κ3) is 3.73. The Morgan fingerprint density at radius 2 is 1.93 bits per heavy atom. The molecule has 1 saturated carbocycles. The number of halogens is 1. The van der Waals surface area contributed by atoms with E-state index < -0.39 is 6.04 Å². The Morgan fingerprint density at radius 1 is 1.19 bits per heavy atom. The van der Waals surface area contributed by atoms with Crippen LogP contribution in [0, 0.1) is 9.49 Å². The lowest BCUT2D eigenvalue weighted by Gasteiger charge is -2.27. The van der Waals surface area contributed by atoms with Gasteiger partial charge in [0.1, 0.15) is 6.04 Å². The largest absolute Gasteiger partial charge is 0.325 e. The van der Waals surface area contributed by atoms with Crippen molar-refractivity contribution < 1.29 is 14.4 Å². The molecule has 1 aliphatic heterocycles. The summed E-state index contributed by atoms with van der Waals surface area (Å²) in [4.78, 5) is 45.4. The Morgan fingerprint density at radius 3 is 2.56 bits per heavy atom. The van der Waals surface area contributed by atoms with Gasteiger partial charge in [0.15, 0.2) is 0 Å². The van der Waals surface area contributed by atoms with Crippen molar-refractivity contribution in [2.45, 2.75) is 31.8 Å². The van der Waals surface area contributed by atoms with Gasteiger partial charge in [-0.2, -0.15) is 0 Å². The van der Waals surface area contributed by atoms with Crippen LogP contribution in [0.3, 0.4) is 0 Å². The summed E-state index contributed by atoms with van der Waals surface area (Å²) in [7, 11) is 0.